The van der Waals surface area contributed by atoms with Gasteiger partial charge in [-0.05, 0) is 131 Å². The summed E-state index contributed by atoms with van der Waals surface area (Å²) in [5.74, 6) is -4.41. The molecule has 4 N–H and O–H groups in total. The lowest BCUT2D eigenvalue weighted by Gasteiger charge is -2.39. The van der Waals surface area contributed by atoms with Gasteiger partial charge in [0.2, 0.25) is 0 Å². The summed E-state index contributed by atoms with van der Waals surface area (Å²) >= 11 is 0. The molecule has 0 aliphatic carbocycles. The van der Waals surface area contributed by atoms with Crippen LogP contribution in [0.25, 0.3) is 0 Å². The van der Waals surface area contributed by atoms with Gasteiger partial charge in [-0.3, -0.25) is 77.6 Å². The Labute approximate surface area is 639 Å². The Bertz CT molecular complexity index is 2920. The van der Waals surface area contributed by atoms with E-state index >= 15 is 0 Å². The molecule has 108 heavy (non-hydrogen) atoms. The molecule has 2 fully saturated rings. The number of aliphatic carboxylic acids is 4. The maximum Gasteiger partial charge on any atom is 0.320 e. The zero-order chi connectivity index (χ0) is 80.3. The fourth-order valence-corrected chi connectivity index (χ4v) is 11.5. The van der Waals surface area contributed by atoms with E-state index in [-0.39, 0.29) is 128 Å². The van der Waals surface area contributed by atoms with Gasteiger partial charge in [0, 0.05) is 118 Å². The minimum absolute atomic E-state index is 0.00672. The standard InChI is InChI=1S/C46H80N4O12.C30H48N4O12/c1-43(2,3)59-39(51)32-47-18-19-48(33-40(52)60-44(4,5)6)22-23-50(35-42(54)62-46(10,11)12)37(31-49(21-20-47)34-41(53)61-45(7,8)9)30-36-14-16-38(17-15-36)58-29-28-57-27-26-56-25-24-55-13;1-43-12-13-44-14-15-45-16-17-46-26-4-2-24(3-5-26)18-25-19-33(22-29(39)40)9-8-31(20-27(35)36)6-7-32(21-28(37)38)10-11-34(25)23-30(41)42/h14-17,37H,18-35H2,1-13H3;2-5,25H,6-23H2,1H3,(H,35,36)(H,37,38)(H,39,40)(H,41,42)/t37-;25-/m11/s1. The predicted molar refractivity (Wildman–Crippen MR) is 402 cm³/mol. The fraction of sp³-hybridized carbons (Fsp3) is 0.737. The molecule has 0 bridgehead atoms. The van der Waals surface area contributed by atoms with Crippen LogP contribution in [0.2, 0.25) is 0 Å². The summed E-state index contributed by atoms with van der Waals surface area (Å²) in [6.07, 6.45) is 0.890. The Morgan fingerprint density at radius 2 is 0.556 bits per heavy atom. The molecule has 32 nitrogen and oxygen atoms in total. The van der Waals surface area contributed by atoms with E-state index in [2.05, 4.69) is 4.90 Å². The smallest absolute Gasteiger partial charge is 0.320 e. The van der Waals surface area contributed by atoms with E-state index in [0.717, 1.165) is 11.1 Å². The lowest BCUT2D eigenvalue weighted by Crippen LogP contribution is -2.54. The molecule has 2 aliphatic heterocycles. The molecule has 0 unspecified atom stereocenters. The van der Waals surface area contributed by atoms with Crippen LogP contribution < -0.4 is 9.47 Å². The SMILES string of the molecule is COCCOCCOCCOc1ccc(C[C@@H]2CN(CC(=O)O)CCN(CC(=O)O)CCN(CC(=O)O)CCN2CC(=O)O)cc1.COCCOCCOCCOc1ccc(C[C@@H]2CN(CC(=O)OC(C)(C)C)CCN(CC(=O)OC(C)(C)C)CCN(CC(=O)OC(C)(C)C)CCN2CC(=O)OC(C)(C)C)cc1. The zero-order valence-corrected chi connectivity index (χ0v) is 66.8. The third-order valence-corrected chi connectivity index (χ3v) is 16.2. The van der Waals surface area contributed by atoms with Crippen LogP contribution in [-0.2, 0) is 98.6 Å². The molecular weight excluding hydrogens is 1410 g/mol. The number of rotatable bonds is 40. The van der Waals surface area contributed by atoms with E-state index in [4.69, 9.17) is 56.8 Å². The van der Waals surface area contributed by atoms with Gasteiger partial charge in [0.25, 0.3) is 0 Å². The van der Waals surface area contributed by atoms with Gasteiger partial charge in [-0.2, -0.15) is 0 Å². The third kappa shape index (κ3) is 48.0. The molecule has 2 aliphatic rings. The van der Waals surface area contributed by atoms with Gasteiger partial charge in [-0.1, -0.05) is 24.3 Å². The number of ether oxygens (including phenoxy) is 12. The first-order valence-corrected chi connectivity index (χ1v) is 37.1. The van der Waals surface area contributed by atoms with Gasteiger partial charge in [0.05, 0.1) is 118 Å². The Morgan fingerprint density at radius 1 is 0.315 bits per heavy atom. The molecule has 0 spiro atoms. The fourth-order valence-electron chi connectivity index (χ4n) is 11.5. The van der Waals surface area contributed by atoms with Crippen molar-refractivity contribution in [3.05, 3.63) is 59.7 Å². The number of esters is 4. The molecule has 32 heteroatoms. The molecule has 0 aromatic heterocycles. The van der Waals surface area contributed by atoms with Crippen molar-refractivity contribution in [2.75, 3.05) is 237 Å². The molecule has 2 saturated heterocycles. The number of hydrogen-bond acceptors (Lipinski definition) is 28. The normalized spacial score (nSPS) is 17.6. The van der Waals surface area contributed by atoms with Crippen molar-refractivity contribution in [1.29, 1.82) is 0 Å². The van der Waals surface area contributed by atoms with Crippen molar-refractivity contribution in [2.24, 2.45) is 0 Å². The molecule has 0 radical (unpaired) electrons. The van der Waals surface area contributed by atoms with Gasteiger partial charge < -0.3 is 77.3 Å². The summed E-state index contributed by atoms with van der Waals surface area (Å²) < 4.78 is 66.6. The van der Waals surface area contributed by atoms with Crippen LogP contribution in [-0.4, -0.2) is 379 Å². The highest BCUT2D eigenvalue weighted by molar-refractivity contribution is 5.74. The monoisotopic (exact) mass is 1540 g/mol. The van der Waals surface area contributed by atoms with Crippen LogP contribution in [0.1, 0.15) is 94.2 Å². The summed E-state index contributed by atoms with van der Waals surface area (Å²) in [7, 11) is 3.24. The van der Waals surface area contributed by atoms with E-state index in [1.165, 1.54) is 0 Å². The maximum absolute atomic E-state index is 13.6. The quantitative estimate of drug-likeness (QED) is 0.0421. The lowest BCUT2D eigenvalue weighted by molar-refractivity contribution is -0.160. The number of methoxy groups -OCH3 is 2. The van der Waals surface area contributed by atoms with Crippen molar-refractivity contribution in [3.8, 4) is 11.5 Å². The predicted octanol–water partition coefficient (Wildman–Crippen LogP) is 3.46. The average molecular weight is 1540 g/mol. The summed E-state index contributed by atoms with van der Waals surface area (Å²) in [4.78, 5) is 115. The molecule has 2 aromatic carbocycles. The molecule has 2 heterocycles. The topological polar surface area (TPSA) is 354 Å². The highest BCUT2D eigenvalue weighted by atomic mass is 16.6. The average Bonchev–Trinajstić information content (AvgIpc) is 0.851. The first kappa shape index (κ1) is 95.4. The van der Waals surface area contributed by atoms with Crippen LogP contribution in [0.4, 0.5) is 0 Å². The first-order chi connectivity index (χ1) is 50.8. The second-order valence-electron chi connectivity index (χ2n) is 30.6. The Morgan fingerprint density at radius 3 is 0.861 bits per heavy atom. The van der Waals surface area contributed by atoms with Crippen molar-refractivity contribution < 1.29 is 116 Å². The van der Waals surface area contributed by atoms with Crippen LogP contribution >= 0.6 is 0 Å². The van der Waals surface area contributed by atoms with Gasteiger partial charge in [0.1, 0.15) is 47.1 Å². The highest BCUT2D eigenvalue weighted by Gasteiger charge is 2.33. The van der Waals surface area contributed by atoms with Crippen molar-refractivity contribution in [1.82, 2.24) is 39.2 Å². The number of carbonyl (C=O) groups excluding carboxylic acids is 4. The zero-order valence-electron chi connectivity index (χ0n) is 66.8. The third-order valence-electron chi connectivity index (χ3n) is 16.2. The second-order valence-corrected chi connectivity index (χ2v) is 30.6. The minimum Gasteiger partial charge on any atom is -0.491 e. The van der Waals surface area contributed by atoms with Crippen LogP contribution in [0.3, 0.4) is 0 Å². The number of carboxylic acid groups (broad SMARTS) is 4. The highest BCUT2D eigenvalue weighted by Crippen LogP contribution is 2.22. The molecule has 4 rings (SSSR count). The van der Waals surface area contributed by atoms with Gasteiger partial charge >= 0.3 is 47.8 Å². The van der Waals surface area contributed by atoms with Gasteiger partial charge in [-0.25, -0.2) is 0 Å². The minimum atomic E-state index is -1.06. The Hall–Kier alpha value is -6.76. The largest absolute Gasteiger partial charge is 0.491 e. The first-order valence-electron chi connectivity index (χ1n) is 37.1. The van der Waals surface area contributed by atoms with Crippen molar-refractivity contribution in [3.63, 3.8) is 0 Å². The summed E-state index contributed by atoms with van der Waals surface area (Å²) in [6.45, 7) is 30.6. The summed E-state index contributed by atoms with van der Waals surface area (Å²) in [5.41, 5.74) is -0.886. The van der Waals surface area contributed by atoms with Gasteiger partial charge in [-0.15, -0.1) is 0 Å². The number of carbonyl (C=O) groups is 8. The van der Waals surface area contributed by atoms with E-state index in [1.54, 1.807) is 46.0 Å². The Kier molecular flexibility index (Phi) is 45.0. The summed E-state index contributed by atoms with van der Waals surface area (Å²) in [6, 6.07) is 14.4. The summed E-state index contributed by atoms with van der Waals surface area (Å²) in [5, 5.41) is 38.2. The van der Waals surface area contributed by atoms with Crippen LogP contribution in [0.5, 0.6) is 11.5 Å². The van der Waals surface area contributed by atoms with Crippen molar-refractivity contribution >= 4 is 47.8 Å². The van der Waals surface area contributed by atoms with Crippen LogP contribution in [0.15, 0.2) is 48.5 Å². The van der Waals surface area contributed by atoms with E-state index < -0.39 is 52.3 Å². The van der Waals surface area contributed by atoms with E-state index in [9.17, 15) is 58.8 Å². The molecule has 616 valence electrons. The molecule has 2 aromatic rings. The molecular formula is C76H128N8O24. The Balaban J connectivity index is 0.000000585. The van der Waals surface area contributed by atoms with Gasteiger partial charge in [0.15, 0.2) is 0 Å². The number of benzene rings is 2. The maximum atomic E-state index is 13.6. The molecule has 2 atom stereocenters. The molecule has 0 amide bonds. The number of nitrogens with zero attached hydrogens (tertiary/aromatic N) is 8. The van der Waals surface area contributed by atoms with Crippen molar-refractivity contribution in [2.45, 2.75) is 130 Å². The van der Waals surface area contributed by atoms with E-state index in [0.29, 0.717) is 149 Å². The number of carboxylic acids is 4. The van der Waals surface area contributed by atoms with E-state index in [1.807, 2.05) is 134 Å². The number of hydrogen-bond donors (Lipinski definition) is 4. The van der Waals surface area contributed by atoms with Crippen LogP contribution in [0, 0.1) is 0 Å². The second kappa shape index (κ2) is 50.9. The molecule has 0 saturated carbocycles. The lowest BCUT2D eigenvalue weighted by atomic mass is 10.0.